The van der Waals surface area contributed by atoms with E-state index in [-0.39, 0.29) is 5.91 Å². The SMILES string of the molecule is Cc1cc(NC(=O)C[NH+]2CCN(c3ccccc3C)CC2)ccc1Br. The van der Waals surface area contributed by atoms with Crippen molar-refractivity contribution in [3.8, 4) is 0 Å². The van der Waals surface area contributed by atoms with Crippen LogP contribution in [0.1, 0.15) is 11.1 Å². The zero-order valence-corrected chi connectivity index (χ0v) is 16.4. The van der Waals surface area contributed by atoms with E-state index < -0.39 is 0 Å². The Morgan fingerprint density at radius 3 is 2.52 bits per heavy atom. The van der Waals surface area contributed by atoms with Gasteiger partial charge in [-0.2, -0.15) is 0 Å². The van der Waals surface area contributed by atoms with Crippen molar-refractivity contribution in [2.75, 3.05) is 42.9 Å². The molecule has 0 radical (unpaired) electrons. The molecule has 0 saturated carbocycles. The molecule has 132 valence electrons. The fourth-order valence-electron chi connectivity index (χ4n) is 3.31. The molecule has 1 aliphatic heterocycles. The molecule has 0 aliphatic carbocycles. The Labute approximate surface area is 158 Å². The topological polar surface area (TPSA) is 36.8 Å². The molecular weight excluding hydrogens is 378 g/mol. The fraction of sp³-hybridized carbons (Fsp3) is 0.350. The van der Waals surface area contributed by atoms with E-state index in [9.17, 15) is 4.79 Å². The van der Waals surface area contributed by atoms with Crippen LogP contribution in [0.25, 0.3) is 0 Å². The summed E-state index contributed by atoms with van der Waals surface area (Å²) in [4.78, 5) is 16.1. The minimum absolute atomic E-state index is 0.0843. The zero-order chi connectivity index (χ0) is 17.8. The normalized spacial score (nSPS) is 15.2. The molecule has 1 amide bonds. The van der Waals surface area contributed by atoms with Gasteiger partial charge in [-0.3, -0.25) is 4.79 Å². The van der Waals surface area contributed by atoms with Gasteiger partial charge < -0.3 is 15.1 Å². The van der Waals surface area contributed by atoms with Gasteiger partial charge in [-0.05, 0) is 49.2 Å². The number of anilines is 2. The number of nitrogens with one attached hydrogen (secondary N) is 2. The van der Waals surface area contributed by atoms with Crippen molar-refractivity contribution in [2.24, 2.45) is 0 Å². The van der Waals surface area contributed by atoms with E-state index in [1.165, 1.54) is 16.2 Å². The molecule has 0 bridgehead atoms. The van der Waals surface area contributed by atoms with Crippen molar-refractivity contribution in [2.45, 2.75) is 13.8 Å². The third kappa shape index (κ3) is 4.61. The van der Waals surface area contributed by atoms with Crippen LogP contribution in [0.15, 0.2) is 46.9 Å². The smallest absolute Gasteiger partial charge is 0.279 e. The van der Waals surface area contributed by atoms with E-state index in [4.69, 9.17) is 0 Å². The minimum Gasteiger partial charge on any atom is -0.360 e. The molecule has 1 fully saturated rings. The Morgan fingerprint density at radius 1 is 1.12 bits per heavy atom. The van der Waals surface area contributed by atoms with E-state index in [2.05, 4.69) is 57.3 Å². The number of aryl methyl sites for hydroxylation is 2. The summed E-state index contributed by atoms with van der Waals surface area (Å²) in [6.45, 7) is 8.66. The predicted molar refractivity (Wildman–Crippen MR) is 106 cm³/mol. The first-order valence-corrected chi connectivity index (χ1v) is 9.52. The lowest BCUT2D eigenvalue weighted by Gasteiger charge is -2.34. The van der Waals surface area contributed by atoms with Gasteiger partial charge in [-0.1, -0.05) is 34.1 Å². The minimum atomic E-state index is 0.0843. The molecule has 1 saturated heterocycles. The highest BCUT2D eigenvalue weighted by molar-refractivity contribution is 9.10. The summed E-state index contributed by atoms with van der Waals surface area (Å²) < 4.78 is 1.06. The molecule has 25 heavy (non-hydrogen) atoms. The van der Waals surface area contributed by atoms with Crippen LogP contribution in [0.3, 0.4) is 0 Å². The lowest BCUT2D eigenvalue weighted by atomic mass is 10.1. The summed E-state index contributed by atoms with van der Waals surface area (Å²) in [6.07, 6.45) is 0. The Morgan fingerprint density at radius 2 is 1.84 bits per heavy atom. The molecule has 2 aromatic carbocycles. The van der Waals surface area contributed by atoms with Crippen LogP contribution in [0, 0.1) is 13.8 Å². The fourth-order valence-corrected chi connectivity index (χ4v) is 3.56. The van der Waals surface area contributed by atoms with Crippen LogP contribution in [-0.2, 0) is 4.79 Å². The average molecular weight is 403 g/mol. The summed E-state index contributed by atoms with van der Waals surface area (Å²) in [6, 6.07) is 14.4. The third-order valence-electron chi connectivity index (χ3n) is 4.78. The molecule has 2 N–H and O–H groups in total. The Kier molecular flexibility index (Phi) is 5.76. The number of amides is 1. The number of piperazine rings is 1. The van der Waals surface area contributed by atoms with Crippen LogP contribution >= 0.6 is 15.9 Å². The van der Waals surface area contributed by atoms with E-state index >= 15 is 0 Å². The number of hydrogen-bond donors (Lipinski definition) is 2. The van der Waals surface area contributed by atoms with Crippen LogP contribution < -0.4 is 15.1 Å². The van der Waals surface area contributed by atoms with Crippen molar-refractivity contribution in [3.05, 3.63) is 58.1 Å². The van der Waals surface area contributed by atoms with Gasteiger partial charge in [-0.15, -0.1) is 0 Å². The first-order valence-electron chi connectivity index (χ1n) is 8.73. The zero-order valence-electron chi connectivity index (χ0n) is 14.8. The van der Waals surface area contributed by atoms with Gasteiger partial charge in [0.05, 0.1) is 26.2 Å². The van der Waals surface area contributed by atoms with Gasteiger partial charge in [0.15, 0.2) is 6.54 Å². The summed E-state index contributed by atoms with van der Waals surface area (Å²) in [7, 11) is 0. The van der Waals surface area contributed by atoms with Gasteiger partial charge in [0.2, 0.25) is 0 Å². The van der Waals surface area contributed by atoms with E-state index in [1.807, 2.05) is 25.1 Å². The quantitative estimate of drug-likeness (QED) is 0.823. The Hall–Kier alpha value is -1.85. The molecular formula is C20H25BrN3O+. The number of rotatable bonds is 4. The highest BCUT2D eigenvalue weighted by Crippen LogP contribution is 2.20. The van der Waals surface area contributed by atoms with E-state index in [0.717, 1.165) is 41.9 Å². The van der Waals surface area contributed by atoms with Crippen LogP contribution in [0.4, 0.5) is 11.4 Å². The molecule has 3 rings (SSSR count). The number of carbonyl (C=O) groups excluding carboxylic acids is 1. The van der Waals surface area contributed by atoms with Crippen molar-refractivity contribution in [3.63, 3.8) is 0 Å². The first-order chi connectivity index (χ1) is 12.0. The third-order valence-corrected chi connectivity index (χ3v) is 5.67. The summed E-state index contributed by atoms with van der Waals surface area (Å²) in [5, 5.41) is 3.02. The highest BCUT2D eigenvalue weighted by Gasteiger charge is 2.23. The Balaban J connectivity index is 1.51. The number of quaternary nitrogens is 1. The number of para-hydroxylation sites is 1. The van der Waals surface area contributed by atoms with Crippen LogP contribution in [-0.4, -0.2) is 38.6 Å². The second-order valence-corrected chi connectivity index (χ2v) is 7.57. The second-order valence-electron chi connectivity index (χ2n) is 6.71. The van der Waals surface area contributed by atoms with Crippen LogP contribution in [0.5, 0.6) is 0 Å². The van der Waals surface area contributed by atoms with Crippen molar-refractivity contribution >= 4 is 33.2 Å². The number of halogens is 1. The molecule has 0 unspecified atom stereocenters. The maximum atomic E-state index is 12.3. The monoisotopic (exact) mass is 402 g/mol. The second kappa shape index (κ2) is 8.02. The van der Waals surface area contributed by atoms with Gasteiger partial charge in [0.1, 0.15) is 0 Å². The molecule has 0 aromatic heterocycles. The number of benzene rings is 2. The highest BCUT2D eigenvalue weighted by atomic mass is 79.9. The first kappa shape index (κ1) is 18.0. The number of nitrogens with zero attached hydrogens (tertiary/aromatic N) is 1. The molecule has 1 aliphatic rings. The lowest BCUT2D eigenvalue weighted by molar-refractivity contribution is -0.892. The van der Waals surface area contributed by atoms with Crippen molar-refractivity contribution < 1.29 is 9.69 Å². The molecule has 4 nitrogen and oxygen atoms in total. The van der Waals surface area contributed by atoms with Crippen molar-refractivity contribution in [1.82, 2.24) is 0 Å². The van der Waals surface area contributed by atoms with Gasteiger partial charge in [0, 0.05) is 15.8 Å². The van der Waals surface area contributed by atoms with E-state index in [0.29, 0.717) is 6.54 Å². The molecule has 5 heteroatoms. The Bertz CT molecular complexity index is 754. The van der Waals surface area contributed by atoms with Crippen molar-refractivity contribution in [1.29, 1.82) is 0 Å². The summed E-state index contributed by atoms with van der Waals surface area (Å²) >= 11 is 3.48. The molecule has 2 aromatic rings. The summed E-state index contributed by atoms with van der Waals surface area (Å²) in [5.74, 6) is 0.0843. The maximum absolute atomic E-state index is 12.3. The van der Waals surface area contributed by atoms with Crippen LogP contribution in [0.2, 0.25) is 0 Å². The molecule has 0 spiro atoms. The standard InChI is InChI=1S/C20H24BrN3O/c1-15-5-3-4-6-19(15)24-11-9-23(10-12-24)14-20(25)22-17-7-8-18(21)16(2)13-17/h3-8,13H,9-12,14H2,1-2H3,(H,22,25)/p+1. The largest absolute Gasteiger partial charge is 0.360 e. The number of hydrogen-bond acceptors (Lipinski definition) is 2. The predicted octanol–water partition coefficient (Wildman–Crippen LogP) is 2.41. The number of carbonyl (C=O) groups is 1. The van der Waals surface area contributed by atoms with Gasteiger partial charge >= 0.3 is 0 Å². The van der Waals surface area contributed by atoms with E-state index in [1.54, 1.807) is 0 Å². The van der Waals surface area contributed by atoms with Gasteiger partial charge in [-0.25, -0.2) is 0 Å². The maximum Gasteiger partial charge on any atom is 0.279 e. The average Bonchev–Trinajstić information content (AvgIpc) is 2.59. The molecule has 0 atom stereocenters. The lowest BCUT2D eigenvalue weighted by Crippen LogP contribution is -3.15. The summed E-state index contributed by atoms with van der Waals surface area (Å²) in [5.41, 5.74) is 4.62. The van der Waals surface area contributed by atoms with Gasteiger partial charge in [0.25, 0.3) is 5.91 Å². The molecule has 1 heterocycles.